The van der Waals surface area contributed by atoms with Crippen molar-refractivity contribution in [1.29, 1.82) is 0 Å². The average molecular weight is 333 g/mol. The predicted octanol–water partition coefficient (Wildman–Crippen LogP) is 2.61. The second kappa shape index (κ2) is 5.78. The van der Waals surface area contributed by atoms with E-state index in [0.29, 0.717) is 18.2 Å². The molecule has 2 aromatic rings. The van der Waals surface area contributed by atoms with E-state index < -0.39 is 32.5 Å². The van der Waals surface area contributed by atoms with Gasteiger partial charge in [0, 0.05) is 6.07 Å². The lowest BCUT2D eigenvalue weighted by Crippen LogP contribution is -2.15. The van der Waals surface area contributed by atoms with Crippen molar-refractivity contribution in [1.82, 2.24) is 0 Å². The normalized spacial score (nSPS) is 11.2. The van der Waals surface area contributed by atoms with Gasteiger partial charge in [0.05, 0.1) is 17.7 Å². The molecule has 0 atom stereocenters. The van der Waals surface area contributed by atoms with Crippen LogP contribution in [-0.2, 0) is 14.8 Å². The van der Waals surface area contributed by atoms with E-state index in [1.165, 1.54) is 11.4 Å². The SMILES string of the molecule is COC(=O)c1sccc1NS(=O)(=O)c1cc(F)cc(F)c1. The van der Waals surface area contributed by atoms with Crippen LogP contribution in [0.3, 0.4) is 0 Å². The van der Waals surface area contributed by atoms with Crippen molar-refractivity contribution in [2.45, 2.75) is 4.90 Å². The summed E-state index contributed by atoms with van der Waals surface area (Å²) in [5, 5.41) is 1.48. The number of benzene rings is 1. The highest BCUT2D eigenvalue weighted by Gasteiger charge is 2.21. The summed E-state index contributed by atoms with van der Waals surface area (Å²) in [5.41, 5.74) is -0.0171. The van der Waals surface area contributed by atoms with Crippen LogP contribution in [0.1, 0.15) is 9.67 Å². The van der Waals surface area contributed by atoms with Gasteiger partial charge < -0.3 is 4.74 Å². The van der Waals surface area contributed by atoms with Crippen molar-refractivity contribution in [3.63, 3.8) is 0 Å². The molecule has 1 N–H and O–H groups in total. The lowest BCUT2D eigenvalue weighted by Gasteiger charge is -2.08. The fourth-order valence-corrected chi connectivity index (χ4v) is 3.47. The zero-order chi connectivity index (χ0) is 15.6. The number of carbonyl (C=O) groups is 1. The Bertz CT molecular complexity index is 766. The van der Waals surface area contributed by atoms with E-state index in [-0.39, 0.29) is 10.6 Å². The van der Waals surface area contributed by atoms with Crippen molar-refractivity contribution >= 4 is 33.0 Å². The summed E-state index contributed by atoms with van der Waals surface area (Å²) in [6.07, 6.45) is 0. The first-order valence-electron chi connectivity index (χ1n) is 5.48. The zero-order valence-electron chi connectivity index (χ0n) is 10.6. The van der Waals surface area contributed by atoms with Gasteiger partial charge >= 0.3 is 5.97 Å². The minimum Gasteiger partial charge on any atom is -0.465 e. The van der Waals surface area contributed by atoms with Crippen molar-refractivity contribution in [3.05, 3.63) is 46.2 Å². The molecule has 0 aliphatic heterocycles. The van der Waals surface area contributed by atoms with Gasteiger partial charge in [0.1, 0.15) is 16.5 Å². The summed E-state index contributed by atoms with van der Waals surface area (Å²) in [5.74, 6) is -2.75. The molecule has 112 valence electrons. The number of thiophene rings is 1. The van der Waals surface area contributed by atoms with Crippen molar-refractivity contribution in [3.8, 4) is 0 Å². The summed E-state index contributed by atoms with van der Waals surface area (Å²) >= 11 is 0.975. The van der Waals surface area contributed by atoms with Gasteiger partial charge in [0.2, 0.25) is 0 Å². The van der Waals surface area contributed by atoms with Gasteiger partial charge in [-0.05, 0) is 23.6 Å². The molecule has 0 aliphatic rings. The molecule has 0 fully saturated rings. The number of rotatable bonds is 4. The van der Waals surface area contributed by atoms with Gasteiger partial charge in [0.15, 0.2) is 0 Å². The Kier molecular flexibility index (Phi) is 4.24. The molecule has 2 rings (SSSR count). The number of anilines is 1. The van der Waals surface area contributed by atoms with Crippen LogP contribution in [0.25, 0.3) is 0 Å². The molecule has 0 aliphatic carbocycles. The van der Waals surface area contributed by atoms with Gasteiger partial charge in [-0.3, -0.25) is 4.72 Å². The molecule has 0 radical (unpaired) electrons. The molecule has 0 spiro atoms. The monoisotopic (exact) mass is 333 g/mol. The maximum absolute atomic E-state index is 13.1. The number of hydrogen-bond acceptors (Lipinski definition) is 5. The Morgan fingerprint density at radius 1 is 1.24 bits per heavy atom. The van der Waals surface area contributed by atoms with Crippen LogP contribution in [0.5, 0.6) is 0 Å². The maximum atomic E-state index is 13.1. The molecule has 0 saturated heterocycles. The van der Waals surface area contributed by atoms with Gasteiger partial charge in [-0.1, -0.05) is 0 Å². The highest BCUT2D eigenvalue weighted by Crippen LogP contribution is 2.26. The zero-order valence-corrected chi connectivity index (χ0v) is 12.2. The first-order valence-corrected chi connectivity index (χ1v) is 7.84. The maximum Gasteiger partial charge on any atom is 0.350 e. The Balaban J connectivity index is 2.38. The largest absolute Gasteiger partial charge is 0.465 e. The van der Waals surface area contributed by atoms with E-state index in [1.807, 2.05) is 0 Å². The summed E-state index contributed by atoms with van der Waals surface area (Å²) in [7, 11) is -3.07. The Labute approximate surface area is 123 Å². The summed E-state index contributed by atoms with van der Waals surface area (Å²) in [6, 6.07) is 3.26. The Morgan fingerprint density at radius 2 is 1.86 bits per heavy atom. The Hall–Kier alpha value is -2.00. The second-order valence-electron chi connectivity index (χ2n) is 3.87. The fourth-order valence-electron chi connectivity index (χ4n) is 1.53. The van der Waals surface area contributed by atoms with E-state index in [2.05, 4.69) is 9.46 Å². The van der Waals surface area contributed by atoms with Crippen LogP contribution in [0.2, 0.25) is 0 Å². The summed E-state index contributed by atoms with van der Waals surface area (Å²) in [4.78, 5) is 10.9. The lowest BCUT2D eigenvalue weighted by molar-refractivity contribution is 0.0607. The first kappa shape index (κ1) is 15.4. The molecular formula is C12H9F2NO4S2. The lowest BCUT2D eigenvalue weighted by atomic mass is 10.3. The quantitative estimate of drug-likeness (QED) is 0.873. The van der Waals surface area contributed by atoms with E-state index >= 15 is 0 Å². The molecule has 0 amide bonds. The van der Waals surface area contributed by atoms with Crippen LogP contribution in [0, 0.1) is 11.6 Å². The molecule has 1 aromatic heterocycles. The van der Waals surface area contributed by atoms with Crippen LogP contribution in [-0.4, -0.2) is 21.5 Å². The van der Waals surface area contributed by atoms with E-state index in [9.17, 15) is 22.0 Å². The van der Waals surface area contributed by atoms with Gasteiger partial charge in [-0.15, -0.1) is 11.3 Å². The predicted molar refractivity (Wildman–Crippen MR) is 72.8 cm³/mol. The average Bonchev–Trinajstić information content (AvgIpc) is 2.84. The van der Waals surface area contributed by atoms with Crippen LogP contribution in [0.15, 0.2) is 34.5 Å². The molecule has 5 nitrogen and oxygen atoms in total. The molecular weight excluding hydrogens is 324 g/mol. The number of methoxy groups -OCH3 is 1. The van der Waals surface area contributed by atoms with E-state index in [1.54, 1.807) is 0 Å². The number of hydrogen-bond donors (Lipinski definition) is 1. The van der Waals surface area contributed by atoms with Crippen molar-refractivity contribution in [2.75, 3.05) is 11.8 Å². The van der Waals surface area contributed by atoms with Gasteiger partial charge in [-0.2, -0.15) is 0 Å². The standard InChI is InChI=1S/C12H9F2NO4S2/c1-19-12(16)11-10(2-3-20-11)15-21(17,18)9-5-7(13)4-8(14)6-9/h2-6,15H,1H3. The highest BCUT2D eigenvalue weighted by atomic mass is 32.2. The van der Waals surface area contributed by atoms with Crippen molar-refractivity contribution < 1.29 is 26.7 Å². The minimum absolute atomic E-state index is 0.0171. The number of halogens is 2. The molecule has 1 heterocycles. The van der Waals surface area contributed by atoms with Gasteiger partial charge in [0.25, 0.3) is 10.0 Å². The minimum atomic E-state index is -4.22. The third kappa shape index (κ3) is 3.37. The number of nitrogens with one attached hydrogen (secondary N) is 1. The molecule has 1 aromatic carbocycles. The summed E-state index contributed by atoms with van der Waals surface area (Å²) in [6.45, 7) is 0. The molecule has 0 saturated carbocycles. The smallest absolute Gasteiger partial charge is 0.350 e. The fraction of sp³-hybridized carbons (Fsp3) is 0.0833. The second-order valence-corrected chi connectivity index (χ2v) is 6.46. The number of ether oxygens (including phenoxy) is 1. The van der Waals surface area contributed by atoms with E-state index in [4.69, 9.17) is 0 Å². The molecule has 0 unspecified atom stereocenters. The Morgan fingerprint density at radius 3 is 2.43 bits per heavy atom. The first-order chi connectivity index (χ1) is 9.83. The summed E-state index contributed by atoms with van der Waals surface area (Å²) < 4.78 is 57.0. The number of carbonyl (C=O) groups excluding carboxylic acids is 1. The number of esters is 1. The van der Waals surface area contributed by atoms with Crippen molar-refractivity contribution in [2.24, 2.45) is 0 Å². The van der Waals surface area contributed by atoms with Crippen LogP contribution in [0.4, 0.5) is 14.5 Å². The third-order valence-corrected chi connectivity index (χ3v) is 4.67. The number of sulfonamides is 1. The van der Waals surface area contributed by atoms with Gasteiger partial charge in [-0.25, -0.2) is 22.0 Å². The molecule has 21 heavy (non-hydrogen) atoms. The molecule has 9 heteroatoms. The third-order valence-electron chi connectivity index (χ3n) is 2.43. The highest BCUT2D eigenvalue weighted by molar-refractivity contribution is 7.92. The van der Waals surface area contributed by atoms with Crippen LogP contribution < -0.4 is 4.72 Å². The molecule has 0 bridgehead atoms. The van der Waals surface area contributed by atoms with E-state index in [0.717, 1.165) is 18.4 Å². The van der Waals surface area contributed by atoms with Crippen LogP contribution >= 0.6 is 11.3 Å². The topological polar surface area (TPSA) is 72.5 Å².